The van der Waals surface area contributed by atoms with Crippen LogP contribution >= 0.6 is 0 Å². The van der Waals surface area contributed by atoms with Crippen LogP contribution in [0.25, 0.3) is 10.9 Å². The lowest BCUT2D eigenvalue weighted by atomic mass is 10.1. The zero-order chi connectivity index (χ0) is 28.2. The van der Waals surface area contributed by atoms with E-state index in [2.05, 4.69) is 20.6 Å². The summed E-state index contributed by atoms with van der Waals surface area (Å²) in [6, 6.07) is 15.8. The molecule has 40 heavy (non-hydrogen) atoms. The van der Waals surface area contributed by atoms with Crippen LogP contribution in [-0.2, 0) is 17.8 Å². The van der Waals surface area contributed by atoms with Gasteiger partial charge in [-0.05, 0) is 47.5 Å². The summed E-state index contributed by atoms with van der Waals surface area (Å²) in [5.41, 5.74) is 1.41. The Balaban J connectivity index is 1.27. The van der Waals surface area contributed by atoms with Gasteiger partial charge in [-0.2, -0.15) is 0 Å². The molecule has 0 radical (unpaired) electrons. The number of carbonyl (C=O) groups excluding carboxylic acids is 3. The Hall–Kier alpha value is -5.26. The quantitative estimate of drug-likeness (QED) is 0.275. The van der Waals surface area contributed by atoms with Crippen LogP contribution in [-0.4, -0.2) is 48.1 Å². The molecule has 4 amide bonds. The highest BCUT2D eigenvalue weighted by molar-refractivity contribution is 6.19. The maximum Gasteiger partial charge on any atom is 0.329 e. The average Bonchev–Trinajstić information content (AvgIpc) is 3.30. The first kappa shape index (κ1) is 26.4. The first-order valence-corrected chi connectivity index (χ1v) is 12.3. The van der Waals surface area contributed by atoms with Crippen LogP contribution in [0.4, 0.5) is 14.9 Å². The number of aromatic nitrogens is 2. The number of rotatable bonds is 9. The Morgan fingerprint density at radius 1 is 1.07 bits per heavy atom. The summed E-state index contributed by atoms with van der Waals surface area (Å²) in [4.78, 5) is 56.9. The Labute approximate surface area is 226 Å². The number of carbonyl (C=O) groups is 3. The molecule has 12 heteroatoms. The fourth-order valence-electron chi connectivity index (χ4n) is 4.24. The normalized spacial score (nSPS) is 12.9. The lowest BCUT2D eigenvalue weighted by Crippen LogP contribution is -2.30. The lowest BCUT2D eigenvalue weighted by molar-refractivity contribution is -0.115. The van der Waals surface area contributed by atoms with E-state index < -0.39 is 23.3 Å². The van der Waals surface area contributed by atoms with E-state index in [9.17, 15) is 23.6 Å². The second-order valence-corrected chi connectivity index (χ2v) is 8.87. The zero-order valence-corrected chi connectivity index (χ0v) is 21.3. The minimum atomic E-state index is -0.746. The Morgan fingerprint density at radius 2 is 1.88 bits per heavy atom. The highest BCUT2D eigenvalue weighted by atomic mass is 19.1. The number of ether oxygens (including phenoxy) is 2. The van der Waals surface area contributed by atoms with E-state index in [0.29, 0.717) is 17.9 Å². The number of anilines is 1. The molecule has 0 atom stereocenters. The zero-order valence-electron chi connectivity index (χ0n) is 21.3. The molecule has 1 saturated heterocycles. The summed E-state index contributed by atoms with van der Waals surface area (Å²) in [7, 11) is 1.54. The number of hydrogen-bond acceptors (Lipinski definition) is 7. The third-order valence-electron chi connectivity index (χ3n) is 6.26. The molecule has 3 N–H and O–H groups in total. The summed E-state index contributed by atoms with van der Waals surface area (Å²) in [6.45, 7) is 0.160. The molecule has 204 valence electrons. The van der Waals surface area contributed by atoms with Gasteiger partial charge >= 0.3 is 6.03 Å². The molecule has 11 nitrogen and oxygen atoms in total. The number of H-pyrrole nitrogens is 1. The number of urea groups is 1. The molecule has 1 aliphatic heterocycles. The van der Waals surface area contributed by atoms with Crippen molar-refractivity contribution in [3.63, 3.8) is 0 Å². The molecule has 0 saturated carbocycles. The SMILES string of the molecule is COc1cccc(CNC(=O)c2nc3ccc(F)c(OCCc4ccc(N5C(=O)CNC5=O)cc4)c3c(=O)[nH]2)c1. The third-order valence-corrected chi connectivity index (χ3v) is 6.26. The molecule has 3 aromatic carbocycles. The Kier molecular flexibility index (Phi) is 7.40. The molecule has 0 bridgehead atoms. The number of nitrogens with zero attached hydrogens (tertiary/aromatic N) is 2. The minimum absolute atomic E-state index is 0.0285. The van der Waals surface area contributed by atoms with Crippen molar-refractivity contribution in [2.24, 2.45) is 0 Å². The molecule has 2 heterocycles. The first-order valence-electron chi connectivity index (χ1n) is 12.3. The summed E-state index contributed by atoms with van der Waals surface area (Å²) in [6.07, 6.45) is 0.354. The molecule has 5 rings (SSSR count). The van der Waals surface area contributed by atoms with Gasteiger partial charge in [-0.25, -0.2) is 19.1 Å². The first-order chi connectivity index (χ1) is 19.3. The van der Waals surface area contributed by atoms with Crippen molar-refractivity contribution < 1.29 is 28.2 Å². The fourth-order valence-corrected chi connectivity index (χ4v) is 4.24. The van der Waals surface area contributed by atoms with Gasteiger partial charge in [0.1, 0.15) is 11.1 Å². The van der Waals surface area contributed by atoms with Gasteiger partial charge in [-0.15, -0.1) is 0 Å². The van der Waals surface area contributed by atoms with Gasteiger partial charge in [0.05, 0.1) is 31.5 Å². The maximum absolute atomic E-state index is 14.7. The highest BCUT2D eigenvalue weighted by Gasteiger charge is 2.29. The molecule has 1 aliphatic rings. The van der Waals surface area contributed by atoms with Crippen LogP contribution in [0.3, 0.4) is 0 Å². The van der Waals surface area contributed by atoms with Crippen molar-refractivity contribution >= 4 is 34.4 Å². The summed E-state index contributed by atoms with van der Waals surface area (Å²) in [5.74, 6) is -1.55. The van der Waals surface area contributed by atoms with E-state index in [1.165, 1.54) is 6.07 Å². The summed E-state index contributed by atoms with van der Waals surface area (Å²) < 4.78 is 25.5. The Morgan fingerprint density at radius 3 is 2.60 bits per heavy atom. The van der Waals surface area contributed by atoms with E-state index in [1.54, 1.807) is 49.6 Å². The monoisotopic (exact) mass is 545 g/mol. The van der Waals surface area contributed by atoms with Crippen LogP contribution < -0.4 is 30.6 Å². The second-order valence-electron chi connectivity index (χ2n) is 8.87. The van der Waals surface area contributed by atoms with Crippen molar-refractivity contribution in [3.05, 3.63) is 93.8 Å². The van der Waals surface area contributed by atoms with E-state index in [4.69, 9.17) is 9.47 Å². The van der Waals surface area contributed by atoms with Gasteiger partial charge in [0.15, 0.2) is 17.4 Å². The maximum atomic E-state index is 14.7. The molecule has 4 aromatic rings. The summed E-state index contributed by atoms with van der Waals surface area (Å²) >= 11 is 0. The van der Waals surface area contributed by atoms with Gasteiger partial charge in [-0.3, -0.25) is 14.4 Å². The minimum Gasteiger partial charge on any atom is -0.497 e. The van der Waals surface area contributed by atoms with Crippen molar-refractivity contribution in [2.45, 2.75) is 13.0 Å². The number of fused-ring (bicyclic) bond motifs is 1. The van der Waals surface area contributed by atoms with Crippen molar-refractivity contribution in [1.82, 2.24) is 20.6 Å². The molecule has 0 aliphatic carbocycles. The molecule has 0 spiro atoms. The van der Waals surface area contributed by atoms with E-state index in [0.717, 1.165) is 22.1 Å². The largest absolute Gasteiger partial charge is 0.497 e. The van der Waals surface area contributed by atoms with Crippen LogP contribution in [0.5, 0.6) is 11.5 Å². The molecule has 1 fully saturated rings. The third kappa shape index (κ3) is 5.46. The molecule has 1 aromatic heterocycles. The summed E-state index contributed by atoms with van der Waals surface area (Å²) in [5, 5.41) is 5.03. The van der Waals surface area contributed by atoms with Crippen molar-refractivity contribution in [3.8, 4) is 11.5 Å². The number of imide groups is 1. The predicted octanol–water partition coefficient (Wildman–Crippen LogP) is 2.68. The van der Waals surface area contributed by atoms with Crippen molar-refractivity contribution in [2.75, 3.05) is 25.2 Å². The van der Waals surface area contributed by atoms with Crippen LogP contribution in [0, 0.1) is 5.82 Å². The Bertz CT molecular complexity index is 1650. The fraction of sp³-hybridized carbons (Fsp3) is 0.179. The van der Waals surface area contributed by atoms with Crippen LogP contribution in [0.2, 0.25) is 0 Å². The van der Waals surface area contributed by atoms with E-state index >= 15 is 0 Å². The number of benzene rings is 3. The van der Waals surface area contributed by atoms with Gasteiger partial charge < -0.3 is 25.1 Å². The van der Waals surface area contributed by atoms with E-state index in [-0.39, 0.29) is 48.1 Å². The number of amides is 4. The number of hydrogen-bond donors (Lipinski definition) is 3. The van der Waals surface area contributed by atoms with Gasteiger partial charge in [0, 0.05) is 13.0 Å². The average molecular weight is 546 g/mol. The number of halogens is 1. The topological polar surface area (TPSA) is 143 Å². The van der Waals surface area contributed by atoms with Gasteiger partial charge in [0.25, 0.3) is 17.4 Å². The number of aromatic amines is 1. The highest BCUT2D eigenvalue weighted by Crippen LogP contribution is 2.26. The smallest absolute Gasteiger partial charge is 0.329 e. The van der Waals surface area contributed by atoms with Gasteiger partial charge in [0.2, 0.25) is 0 Å². The van der Waals surface area contributed by atoms with Crippen LogP contribution in [0.15, 0.2) is 65.5 Å². The number of methoxy groups -OCH3 is 1. The van der Waals surface area contributed by atoms with Crippen molar-refractivity contribution in [1.29, 1.82) is 0 Å². The number of nitrogens with one attached hydrogen (secondary N) is 3. The molecular weight excluding hydrogens is 521 g/mol. The lowest BCUT2D eigenvalue weighted by Gasteiger charge is -2.13. The molecule has 0 unspecified atom stereocenters. The predicted molar refractivity (Wildman–Crippen MR) is 143 cm³/mol. The standard InChI is InChI=1S/C28H24FN5O6/c1-39-19-4-2-3-17(13-19)14-30-27(37)25-32-21-10-9-20(29)24(23(21)26(36)33-25)40-12-11-16-5-7-18(8-6-16)34-22(35)15-31-28(34)38/h2-10,13H,11-12,14-15H2,1H3,(H,30,37)(H,31,38)(H,32,33,36). The van der Waals surface area contributed by atoms with Gasteiger partial charge in [-0.1, -0.05) is 24.3 Å². The van der Waals surface area contributed by atoms with Crippen LogP contribution in [0.1, 0.15) is 21.7 Å². The molecular formula is C28H24FN5O6. The second kappa shape index (κ2) is 11.2. The van der Waals surface area contributed by atoms with E-state index in [1.807, 2.05) is 6.07 Å².